The highest BCUT2D eigenvalue weighted by Gasteiger charge is 2.14. The van der Waals surface area contributed by atoms with Gasteiger partial charge in [0.25, 0.3) is 0 Å². The number of para-hydroxylation sites is 1. The normalized spacial score (nSPS) is 10.9. The molecule has 0 aliphatic rings. The minimum Gasteiger partial charge on any atom is -0.397 e. The van der Waals surface area contributed by atoms with Crippen LogP contribution < -0.4 is 10.6 Å². The third kappa shape index (κ3) is 3.39. The van der Waals surface area contributed by atoms with Crippen LogP contribution in [0.3, 0.4) is 0 Å². The Morgan fingerprint density at radius 2 is 1.82 bits per heavy atom. The van der Waals surface area contributed by atoms with E-state index in [0.29, 0.717) is 0 Å². The Balaban J connectivity index is 2.93. The zero-order valence-corrected chi connectivity index (χ0v) is 11.7. The zero-order chi connectivity index (χ0) is 12.8. The average molecular weight is 234 g/mol. The highest BCUT2D eigenvalue weighted by molar-refractivity contribution is 5.71. The molecule has 96 valence electrons. The number of nitrogens with zero attached hydrogens (tertiary/aromatic N) is 1. The number of nitrogen functional groups attached to an aromatic ring is 1. The van der Waals surface area contributed by atoms with E-state index in [1.54, 1.807) is 0 Å². The summed E-state index contributed by atoms with van der Waals surface area (Å²) in [5, 5.41) is 0. The van der Waals surface area contributed by atoms with Crippen LogP contribution >= 0.6 is 0 Å². The Morgan fingerprint density at radius 3 is 2.29 bits per heavy atom. The molecule has 2 heteroatoms. The van der Waals surface area contributed by atoms with Crippen LogP contribution in [-0.2, 0) is 0 Å². The van der Waals surface area contributed by atoms with E-state index in [1.165, 1.54) is 24.1 Å². The number of nitrogens with two attached hydrogens (primary N) is 1. The molecule has 0 bridgehead atoms. The van der Waals surface area contributed by atoms with Crippen LogP contribution in [0.25, 0.3) is 0 Å². The number of rotatable bonds is 6. The van der Waals surface area contributed by atoms with E-state index in [4.69, 9.17) is 5.73 Å². The van der Waals surface area contributed by atoms with Gasteiger partial charge in [-0.25, -0.2) is 0 Å². The number of hydrogen-bond donors (Lipinski definition) is 1. The van der Waals surface area contributed by atoms with Crippen LogP contribution in [-0.4, -0.2) is 13.1 Å². The first-order valence-corrected chi connectivity index (χ1v) is 6.73. The van der Waals surface area contributed by atoms with Crippen molar-refractivity contribution in [3.8, 4) is 0 Å². The molecule has 1 rings (SSSR count). The van der Waals surface area contributed by atoms with Gasteiger partial charge in [0.05, 0.1) is 11.4 Å². The molecule has 0 aliphatic heterocycles. The lowest BCUT2D eigenvalue weighted by atomic mass is 10.0. The molecular formula is C15H26N2. The highest BCUT2D eigenvalue weighted by Crippen LogP contribution is 2.28. The van der Waals surface area contributed by atoms with Gasteiger partial charge >= 0.3 is 0 Å². The number of benzene rings is 1. The standard InChI is InChI=1S/C15H26N2/c1-5-13(6-2)11-17(7-3)15-12(4)9-8-10-14(15)16/h8-10,13H,5-7,11,16H2,1-4H3. The summed E-state index contributed by atoms with van der Waals surface area (Å²) in [6.45, 7) is 11.0. The van der Waals surface area contributed by atoms with E-state index in [9.17, 15) is 0 Å². The summed E-state index contributed by atoms with van der Waals surface area (Å²) in [5.74, 6) is 0.758. The fraction of sp³-hybridized carbons (Fsp3) is 0.600. The van der Waals surface area contributed by atoms with Gasteiger partial charge < -0.3 is 10.6 Å². The van der Waals surface area contributed by atoms with Gasteiger partial charge in [0, 0.05) is 13.1 Å². The molecule has 17 heavy (non-hydrogen) atoms. The maximum atomic E-state index is 6.11. The average Bonchev–Trinajstić information content (AvgIpc) is 2.33. The minimum atomic E-state index is 0.758. The molecule has 0 atom stereocenters. The van der Waals surface area contributed by atoms with E-state index < -0.39 is 0 Å². The molecule has 0 aromatic heterocycles. The van der Waals surface area contributed by atoms with Gasteiger partial charge in [0.1, 0.15) is 0 Å². The summed E-state index contributed by atoms with van der Waals surface area (Å²) < 4.78 is 0. The van der Waals surface area contributed by atoms with Crippen LogP contribution in [0.4, 0.5) is 11.4 Å². The fourth-order valence-electron chi connectivity index (χ4n) is 2.35. The lowest BCUT2D eigenvalue weighted by Gasteiger charge is -2.29. The van der Waals surface area contributed by atoms with Gasteiger partial charge in [-0.05, 0) is 31.4 Å². The minimum absolute atomic E-state index is 0.758. The Kier molecular flexibility index (Phi) is 5.33. The van der Waals surface area contributed by atoms with Crippen LogP contribution in [0.1, 0.15) is 39.2 Å². The Hall–Kier alpha value is -1.18. The molecule has 1 aromatic rings. The molecule has 2 N–H and O–H groups in total. The summed E-state index contributed by atoms with van der Waals surface area (Å²) >= 11 is 0. The van der Waals surface area contributed by atoms with Gasteiger partial charge in [0.2, 0.25) is 0 Å². The van der Waals surface area contributed by atoms with Crippen LogP contribution in [0.15, 0.2) is 18.2 Å². The summed E-state index contributed by atoms with van der Waals surface area (Å²) in [5.41, 5.74) is 9.52. The smallest absolute Gasteiger partial charge is 0.0629 e. The molecule has 0 fully saturated rings. The van der Waals surface area contributed by atoms with Gasteiger partial charge in [-0.3, -0.25) is 0 Å². The number of hydrogen-bond acceptors (Lipinski definition) is 2. The monoisotopic (exact) mass is 234 g/mol. The van der Waals surface area contributed by atoms with Crippen molar-refractivity contribution in [1.29, 1.82) is 0 Å². The lowest BCUT2D eigenvalue weighted by Crippen LogP contribution is -2.30. The summed E-state index contributed by atoms with van der Waals surface area (Å²) in [4.78, 5) is 2.42. The van der Waals surface area contributed by atoms with Crippen LogP contribution in [0, 0.1) is 12.8 Å². The molecule has 0 heterocycles. The SMILES string of the molecule is CCC(CC)CN(CC)c1c(C)cccc1N. The predicted molar refractivity (Wildman–Crippen MR) is 77.6 cm³/mol. The van der Waals surface area contributed by atoms with Crippen LogP contribution in [0.2, 0.25) is 0 Å². The maximum absolute atomic E-state index is 6.11. The second kappa shape index (κ2) is 6.53. The lowest BCUT2D eigenvalue weighted by molar-refractivity contribution is 0.486. The zero-order valence-electron chi connectivity index (χ0n) is 11.7. The summed E-state index contributed by atoms with van der Waals surface area (Å²) in [6.07, 6.45) is 2.47. The van der Waals surface area contributed by atoms with Crippen molar-refractivity contribution in [2.75, 3.05) is 23.7 Å². The Morgan fingerprint density at radius 1 is 1.18 bits per heavy atom. The molecule has 0 saturated carbocycles. The van der Waals surface area contributed by atoms with Gasteiger partial charge in [0.15, 0.2) is 0 Å². The molecule has 0 amide bonds. The largest absolute Gasteiger partial charge is 0.397 e. The van der Waals surface area contributed by atoms with Crippen molar-refractivity contribution in [2.24, 2.45) is 5.92 Å². The van der Waals surface area contributed by atoms with Crippen molar-refractivity contribution < 1.29 is 0 Å². The Bertz CT molecular complexity index is 323. The van der Waals surface area contributed by atoms with Crippen molar-refractivity contribution in [1.82, 2.24) is 0 Å². The van der Waals surface area contributed by atoms with Crippen molar-refractivity contribution in [3.05, 3.63) is 23.8 Å². The predicted octanol–water partition coefficient (Wildman–Crippen LogP) is 3.84. The van der Waals surface area contributed by atoms with Gasteiger partial charge in [-0.15, -0.1) is 0 Å². The summed E-state index contributed by atoms with van der Waals surface area (Å²) in [6, 6.07) is 6.16. The van der Waals surface area contributed by atoms with Gasteiger partial charge in [-0.2, -0.15) is 0 Å². The highest BCUT2D eigenvalue weighted by atomic mass is 15.1. The molecular weight excluding hydrogens is 208 g/mol. The Labute approximate surface area is 106 Å². The first kappa shape index (κ1) is 13.9. The van der Waals surface area contributed by atoms with Crippen molar-refractivity contribution in [2.45, 2.75) is 40.5 Å². The first-order valence-electron chi connectivity index (χ1n) is 6.73. The molecule has 0 saturated heterocycles. The second-order valence-electron chi connectivity index (χ2n) is 4.73. The van der Waals surface area contributed by atoms with Crippen molar-refractivity contribution >= 4 is 11.4 Å². The van der Waals surface area contributed by atoms with Gasteiger partial charge in [-0.1, -0.05) is 38.8 Å². The van der Waals surface area contributed by atoms with E-state index in [-0.39, 0.29) is 0 Å². The molecule has 0 aliphatic carbocycles. The maximum Gasteiger partial charge on any atom is 0.0629 e. The van der Waals surface area contributed by atoms with Crippen molar-refractivity contribution in [3.63, 3.8) is 0 Å². The number of aryl methyl sites for hydroxylation is 1. The summed E-state index contributed by atoms with van der Waals surface area (Å²) in [7, 11) is 0. The third-order valence-corrected chi connectivity index (χ3v) is 3.60. The van der Waals surface area contributed by atoms with E-state index >= 15 is 0 Å². The first-order chi connectivity index (χ1) is 8.13. The van der Waals surface area contributed by atoms with E-state index in [0.717, 1.165) is 24.7 Å². The second-order valence-corrected chi connectivity index (χ2v) is 4.73. The quantitative estimate of drug-likeness (QED) is 0.758. The molecule has 0 spiro atoms. The topological polar surface area (TPSA) is 29.3 Å². The van der Waals surface area contributed by atoms with E-state index in [2.05, 4.69) is 38.7 Å². The van der Waals surface area contributed by atoms with Crippen LogP contribution in [0.5, 0.6) is 0 Å². The molecule has 0 unspecified atom stereocenters. The van der Waals surface area contributed by atoms with E-state index in [1.807, 2.05) is 12.1 Å². The molecule has 2 nitrogen and oxygen atoms in total. The molecule has 1 aromatic carbocycles. The number of anilines is 2. The third-order valence-electron chi connectivity index (χ3n) is 3.60. The molecule has 0 radical (unpaired) electrons. The fourth-order valence-corrected chi connectivity index (χ4v) is 2.35.